The van der Waals surface area contributed by atoms with Gasteiger partial charge in [-0.05, 0) is 51.1 Å². The number of aliphatic hydroxyl groups excluding tert-OH is 1. The summed E-state index contributed by atoms with van der Waals surface area (Å²) in [6.45, 7) is 3.45. The van der Waals surface area contributed by atoms with Crippen LogP contribution in [0.15, 0.2) is 0 Å². The van der Waals surface area contributed by atoms with E-state index in [4.69, 9.17) is 5.11 Å². The molecule has 2 N–H and O–H groups in total. The van der Waals surface area contributed by atoms with Crippen molar-refractivity contribution in [2.45, 2.75) is 32.1 Å². The molecule has 0 aliphatic carbocycles. The standard InChI is InChI=1S/C12H26N2O3S/c1-18(16,17)14-8-5-6-12(11-14)10-13-7-3-2-4-9-15/h12-13,15H,2-11H2,1H3. The van der Waals surface area contributed by atoms with Crippen molar-refractivity contribution in [3.63, 3.8) is 0 Å². The zero-order valence-electron chi connectivity index (χ0n) is 11.3. The first kappa shape index (κ1) is 15.9. The number of unbranched alkanes of at least 4 members (excludes halogenated alkanes) is 2. The molecular weight excluding hydrogens is 252 g/mol. The molecule has 0 aromatic heterocycles. The summed E-state index contributed by atoms with van der Waals surface area (Å²) in [5.74, 6) is 0.436. The minimum Gasteiger partial charge on any atom is -0.396 e. The van der Waals surface area contributed by atoms with Crippen molar-refractivity contribution in [1.82, 2.24) is 9.62 Å². The van der Waals surface area contributed by atoms with Crippen molar-refractivity contribution in [2.75, 3.05) is 39.0 Å². The Labute approximate surface area is 111 Å². The lowest BCUT2D eigenvalue weighted by Gasteiger charge is -2.31. The fourth-order valence-electron chi connectivity index (χ4n) is 2.34. The highest BCUT2D eigenvalue weighted by molar-refractivity contribution is 7.88. The van der Waals surface area contributed by atoms with E-state index in [9.17, 15) is 8.42 Å². The van der Waals surface area contributed by atoms with Crippen LogP contribution in [-0.2, 0) is 10.0 Å². The maximum Gasteiger partial charge on any atom is 0.211 e. The first-order valence-electron chi connectivity index (χ1n) is 6.80. The van der Waals surface area contributed by atoms with Crippen molar-refractivity contribution in [3.05, 3.63) is 0 Å². The Morgan fingerprint density at radius 3 is 2.78 bits per heavy atom. The molecule has 1 aliphatic rings. The third-order valence-corrected chi connectivity index (χ3v) is 4.67. The molecule has 1 heterocycles. The van der Waals surface area contributed by atoms with Crippen LogP contribution in [0.3, 0.4) is 0 Å². The van der Waals surface area contributed by atoms with Crippen molar-refractivity contribution in [3.8, 4) is 0 Å². The van der Waals surface area contributed by atoms with E-state index in [0.29, 0.717) is 19.0 Å². The number of sulfonamides is 1. The van der Waals surface area contributed by atoms with Gasteiger partial charge in [0.05, 0.1) is 6.26 Å². The smallest absolute Gasteiger partial charge is 0.211 e. The second-order valence-corrected chi connectivity index (χ2v) is 7.10. The number of nitrogens with one attached hydrogen (secondary N) is 1. The molecule has 0 amide bonds. The van der Waals surface area contributed by atoms with Crippen LogP contribution in [0.5, 0.6) is 0 Å². The number of nitrogens with zero attached hydrogens (tertiary/aromatic N) is 1. The number of aliphatic hydroxyl groups is 1. The molecule has 0 aromatic carbocycles. The van der Waals surface area contributed by atoms with E-state index >= 15 is 0 Å². The molecule has 0 saturated carbocycles. The maximum absolute atomic E-state index is 11.5. The molecule has 1 unspecified atom stereocenters. The van der Waals surface area contributed by atoms with Gasteiger partial charge in [0.15, 0.2) is 0 Å². The monoisotopic (exact) mass is 278 g/mol. The minimum absolute atomic E-state index is 0.270. The first-order valence-corrected chi connectivity index (χ1v) is 8.65. The van der Waals surface area contributed by atoms with E-state index < -0.39 is 10.0 Å². The van der Waals surface area contributed by atoms with Crippen LogP contribution in [-0.4, -0.2) is 56.9 Å². The molecule has 0 spiro atoms. The third-order valence-electron chi connectivity index (χ3n) is 3.40. The van der Waals surface area contributed by atoms with Crippen LogP contribution in [0, 0.1) is 5.92 Å². The molecule has 1 saturated heterocycles. The van der Waals surface area contributed by atoms with Gasteiger partial charge in [0.25, 0.3) is 0 Å². The van der Waals surface area contributed by atoms with Crippen molar-refractivity contribution < 1.29 is 13.5 Å². The Hall–Kier alpha value is -0.170. The van der Waals surface area contributed by atoms with E-state index in [1.54, 1.807) is 4.31 Å². The fourth-order valence-corrected chi connectivity index (χ4v) is 3.28. The van der Waals surface area contributed by atoms with Gasteiger partial charge in [-0.15, -0.1) is 0 Å². The SMILES string of the molecule is CS(=O)(=O)N1CCCC(CNCCCCCO)C1. The third kappa shape index (κ3) is 6.13. The summed E-state index contributed by atoms with van der Waals surface area (Å²) in [5.41, 5.74) is 0. The van der Waals surface area contributed by atoms with Crippen LogP contribution in [0.2, 0.25) is 0 Å². The second-order valence-electron chi connectivity index (χ2n) is 5.12. The average Bonchev–Trinajstić information content (AvgIpc) is 2.33. The lowest BCUT2D eigenvalue weighted by Crippen LogP contribution is -2.42. The second kappa shape index (κ2) is 8.09. The topological polar surface area (TPSA) is 69.6 Å². The predicted molar refractivity (Wildman–Crippen MR) is 72.9 cm³/mol. The first-order chi connectivity index (χ1) is 8.54. The molecule has 1 aliphatic heterocycles. The Balaban J connectivity index is 2.15. The van der Waals surface area contributed by atoms with Gasteiger partial charge in [-0.25, -0.2) is 12.7 Å². The number of piperidine rings is 1. The van der Waals surface area contributed by atoms with E-state index in [1.807, 2.05) is 0 Å². The van der Waals surface area contributed by atoms with Crippen molar-refractivity contribution in [2.24, 2.45) is 5.92 Å². The molecule has 6 heteroatoms. The van der Waals surface area contributed by atoms with Crippen LogP contribution in [0.1, 0.15) is 32.1 Å². The normalized spacial score (nSPS) is 22.2. The Kier molecular flexibility index (Phi) is 7.14. The Morgan fingerprint density at radius 2 is 2.11 bits per heavy atom. The lowest BCUT2D eigenvalue weighted by molar-refractivity contribution is 0.260. The van der Waals surface area contributed by atoms with Crippen LogP contribution >= 0.6 is 0 Å². The van der Waals surface area contributed by atoms with Crippen LogP contribution in [0.25, 0.3) is 0 Å². The molecule has 1 fully saturated rings. The van der Waals surface area contributed by atoms with Gasteiger partial charge in [0.2, 0.25) is 10.0 Å². The summed E-state index contributed by atoms with van der Waals surface area (Å²) in [4.78, 5) is 0. The summed E-state index contributed by atoms with van der Waals surface area (Å²) in [6.07, 6.45) is 6.34. The summed E-state index contributed by atoms with van der Waals surface area (Å²) in [7, 11) is -3.02. The molecule has 0 aromatic rings. The van der Waals surface area contributed by atoms with Crippen LogP contribution in [0.4, 0.5) is 0 Å². The maximum atomic E-state index is 11.5. The molecule has 0 radical (unpaired) electrons. The van der Waals surface area contributed by atoms with Gasteiger partial charge < -0.3 is 10.4 Å². The highest BCUT2D eigenvalue weighted by Crippen LogP contribution is 2.17. The van der Waals surface area contributed by atoms with Gasteiger partial charge in [0, 0.05) is 19.7 Å². The quantitative estimate of drug-likeness (QED) is 0.631. The summed E-state index contributed by atoms with van der Waals surface area (Å²) < 4.78 is 24.5. The fraction of sp³-hybridized carbons (Fsp3) is 1.00. The summed E-state index contributed by atoms with van der Waals surface area (Å²) in [5, 5.41) is 12.0. The number of rotatable bonds is 8. The number of hydrogen-bond acceptors (Lipinski definition) is 4. The van der Waals surface area contributed by atoms with Crippen molar-refractivity contribution in [1.29, 1.82) is 0 Å². The van der Waals surface area contributed by atoms with Gasteiger partial charge in [-0.2, -0.15) is 0 Å². The van der Waals surface area contributed by atoms with Gasteiger partial charge in [-0.1, -0.05) is 0 Å². The van der Waals surface area contributed by atoms with E-state index in [2.05, 4.69) is 5.32 Å². The van der Waals surface area contributed by atoms with E-state index in [0.717, 1.165) is 45.2 Å². The molecule has 1 atom stereocenters. The van der Waals surface area contributed by atoms with Gasteiger partial charge in [0.1, 0.15) is 0 Å². The zero-order valence-corrected chi connectivity index (χ0v) is 12.1. The molecule has 5 nitrogen and oxygen atoms in total. The summed E-state index contributed by atoms with van der Waals surface area (Å²) in [6, 6.07) is 0. The largest absolute Gasteiger partial charge is 0.396 e. The van der Waals surface area contributed by atoms with E-state index in [1.165, 1.54) is 6.26 Å². The lowest BCUT2D eigenvalue weighted by atomic mass is 10.00. The molecular formula is C12H26N2O3S. The summed E-state index contributed by atoms with van der Waals surface area (Å²) >= 11 is 0. The highest BCUT2D eigenvalue weighted by Gasteiger charge is 2.25. The Morgan fingerprint density at radius 1 is 1.33 bits per heavy atom. The van der Waals surface area contributed by atoms with Crippen molar-refractivity contribution >= 4 is 10.0 Å². The molecule has 0 bridgehead atoms. The van der Waals surface area contributed by atoms with Gasteiger partial charge in [-0.3, -0.25) is 0 Å². The van der Waals surface area contributed by atoms with E-state index in [-0.39, 0.29) is 6.61 Å². The zero-order chi connectivity index (χ0) is 13.4. The highest BCUT2D eigenvalue weighted by atomic mass is 32.2. The molecule has 108 valence electrons. The predicted octanol–water partition coefficient (Wildman–Crippen LogP) is 0.410. The number of hydrogen-bond donors (Lipinski definition) is 2. The molecule has 18 heavy (non-hydrogen) atoms. The minimum atomic E-state index is -3.02. The van der Waals surface area contributed by atoms with Gasteiger partial charge >= 0.3 is 0 Å². The Bertz CT molecular complexity index is 319. The average molecular weight is 278 g/mol. The molecule has 1 rings (SSSR count). The van der Waals surface area contributed by atoms with Crippen LogP contribution < -0.4 is 5.32 Å².